The lowest BCUT2D eigenvalue weighted by Crippen LogP contribution is -2.24. The molecule has 3 heteroatoms. The second-order valence-corrected chi connectivity index (χ2v) is 5.54. The molecule has 0 saturated carbocycles. The molecule has 0 bridgehead atoms. The number of aromatic nitrogens is 2. The van der Waals surface area contributed by atoms with Crippen molar-refractivity contribution in [3.8, 4) is 0 Å². The van der Waals surface area contributed by atoms with Crippen LogP contribution in [-0.4, -0.2) is 16.3 Å². The van der Waals surface area contributed by atoms with E-state index in [0.29, 0.717) is 0 Å². The van der Waals surface area contributed by atoms with E-state index < -0.39 is 0 Å². The normalized spacial score (nSPS) is 12.6. The molecular formula is C18H27N3. The van der Waals surface area contributed by atoms with Crippen LogP contribution in [0.25, 0.3) is 0 Å². The average Bonchev–Trinajstić information content (AvgIpc) is 2.89. The summed E-state index contributed by atoms with van der Waals surface area (Å²) in [5.74, 6) is 0. The molecular weight excluding hydrogens is 258 g/mol. The highest BCUT2D eigenvalue weighted by Crippen LogP contribution is 2.26. The van der Waals surface area contributed by atoms with E-state index >= 15 is 0 Å². The zero-order valence-corrected chi connectivity index (χ0v) is 13.7. The molecule has 1 aromatic heterocycles. The molecule has 0 amide bonds. The second-order valence-electron chi connectivity index (χ2n) is 5.54. The van der Waals surface area contributed by atoms with Crippen molar-refractivity contribution < 1.29 is 0 Å². The third-order valence-corrected chi connectivity index (χ3v) is 3.87. The summed E-state index contributed by atoms with van der Waals surface area (Å²) in [6.07, 6.45) is 5.33. The minimum absolute atomic E-state index is 0.236. The topological polar surface area (TPSA) is 29.9 Å². The van der Waals surface area contributed by atoms with Crippen LogP contribution in [0, 0.1) is 0 Å². The van der Waals surface area contributed by atoms with Gasteiger partial charge in [0.15, 0.2) is 0 Å². The van der Waals surface area contributed by atoms with Gasteiger partial charge in [-0.3, -0.25) is 4.68 Å². The maximum Gasteiger partial charge on any atom is 0.0673 e. The maximum absolute atomic E-state index is 4.60. The maximum atomic E-state index is 4.60. The average molecular weight is 285 g/mol. The Morgan fingerprint density at radius 1 is 1.19 bits per heavy atom. The minimum atomic E-state index is 0.236. The smallest absolute Gasteiger partial charge is 0.0673 e. The first kappa shape index (κ1) is 15.8. The predicted molar refractivity (Wildman–Crippen MR) is 88.5 cm³/mol. The molecule has 0 aliphatic carbocycles. The molecule has 2 aromatic rings. The van der Waals surface area contributed by atoms with Crippen LogP contribution in [-0.2, 0) is 19.9 Å². The quantitative estimate of drug-likeness (QED) is 0.842. The molecule has 0 aliphatic rings. The number of aryl methyl sites for hydroxylation is 3. The molecule has 1 N–H and O–H groups in total. The van der Waals surface area contributed by atoms with Crippen LogP contribution >= 0.6 is 0 Å². The molecule has 1 unspecified atom stereocenters. The Labute approximate surface area is 128 Å². The number of benzene rings is 1. The van der Waals surface area contributed by atoms with Crippen LogP contribution in [0.4, 0.5) is 0 Å². The largest absolute Gasteiger partial charge is 0.306 e. The van der Waals surface area contributed by atoms with Crippen molar-refractivity contribution in [1.29, 1.82) is 0 Å². The molecule has 0 spiro atoms. The first-order valence-corrected chi connectivity index (χ1v) is 8.04. The lowest BCUT2D eigenvalue weighted by atomic mass is 9.96. The van der Waals surface area contributed by atoms with Crippen LogP contribution in [0.2, 0.25) is 0 Å². The van der Waals surface area contributed by atoms with Crippen LogP contribution in [0.3, 0.4) is 0 Å². The van der Waals surface area contributed by atoms with Gasteiger partial charge in [0.05, 0.1) is 11.7 Å². The van der Waals surface area contributed by atoms with E-state index in [4.69, 9.17) is 0 Å². The van der Waals surface area contributed by atoms with Gasteiger partial charge in [0.1, 0.15) is 0 Å². The van der Waals surface area contributed by atoms with Crippen molar-refractivity contribution in [3.05, 3.63) is 52.8 Å². The van der Waals surface area contributed by atoms with Gasteiger partial charge in [-0.15, -0.1) is 0 Å². The molecule has 0 aliphatic heterocycles. The van der Waals surface area contributed by atoms with Gasteiger partial charge in [0, 0.05) is 18.8 Å². The summed E-state index contributed by atoms with van der Waals surface area (Å²) in [7, 11) is 2.00. The summed E-state index contributed by atoms with van der Waals surface area (Å²) >= 11 is 0. The van der Waals surface area contributed by atoms with Gasteiger partial charge in [-0.25, -0.2) is 0 Å². The van der Waals surface area contributed by atoms with Crippen molar-refractivity contribution in [2.75, 3.05) is 6.54 Å². The highest BCUT2D eigenvalue weighted by atomic mass is 15.3. The summed E-state index contributed by atoms with van der Waals surface area (Å²) < 4.78 is 1.93. The SMILES string of the molecule is CCCNC(c1cccc(CC)c1)c1cn(C)nc1CC. The number of rotatable bonds is 7. The zero-order valence-electron chi connectivity index (χ0n) is 13.7. The summed E-state index contributed by atoms with van der Waals surface area (Å²) in [4.78, 5) is 0. The Bertz CT molecular complexity index is 572. The monoisotopic (exact) mass is 285 g/mol. The van der Waals surface area contributed by atoms with Crippen molar-refractivity contribution in [2.45, 2.75) is 46.1 Å². The summed E-state index contributed by atoms with van der Waals surface area (Å²) in [5, 5.41) is 8.29. The van der Waals surface area contributed by atoms with Gasteiger partial charge in [0.2, 0.25) is 0 Å². The van der Waals surface area contributed by atoms with Gasteiger partial charge >= 0.3 is 0 Å². The van der Waals surface area contributed by atoms with E-state index in [1.165, 1.54) is 22.4 Å². The molecule has 1 aromatic carbocycles. The number of nitrogens with zero attached hydrogens (tertiary/aromatic N) is 2. The molecule has 3 nitrogen and oxygen atoms in total. The highest BCUT2D eigenvalue weighted by Gasteiger charge is 2.19. The Morgan fingerprint density at radius 2 is 2.00 bits per heavy atom. The van der Waals surface area contributed by atoms with Crippen LogP contribution in [0.5, 0.6) is 0 Å². The lowest BCUT2D eigenvalue weighted by molar-refractivity contribution is 0.594. The lowest BCUT2D eigenvalue weighted by Gasteiger charge is -2.20. The van der Waals surface area contributed by atoms with E-state index in [1.54, 1.807) is 0 Å². The molecule has 0 fully saturated rings. The fourth-order valence-electron chi connectivity index (χ4n) is 2.76. The van der Waals surface area contributed by atoms with E-state index in [0.717, 1.165) is 25.8 Å². The van der Waals surface area contributed by atoms with Crippen molar-refractivity contribution in [2.24, 2.45) is 7.05 Å². The van der Waals surface area contributed by atoms with E-state index in [-0.39, 0.29) is 6.04 Å². The van der Waals surface area contributed by atoms with Gasteiger partial charge in [-0.2, -0.15) is 5.10 Å². The second kappa shape index (κ2) is 7.41. The summed E-state index contributed by atoms with van der Waals surface area (Å²) in [5.41, 5.74) is 5.22. The predicted octanol–water partition coefficient (Wildman–Crippen LogP) is 3.63. The Morgan fingerprint density at radius 3 is 2.67 bits per heavy atom. The first-order valence-electron chi connectivity index (χ1n) is 8.04. The molecule has 0 saturated heterocycles. The third-order valence-electron chi connectivity index (χ3n) is 3.87. The highest BCUT2D eigenvalue weighted by molar-refractivity contribution is 5.35. The Hall–Kier alpha value is -1.61. The minimum Gasteiger partial charge on any atom is -0.306 e. The zero-order chi connectivity index (χ0) is 15.2. The fraction of sp³-hybridized carbons (Fsp3) is 0.500. The molecule has 114 valence electrons. The molecule has 1 heterocycles. The van der Waals surface area contributed by atoms with Crippen molar-refractivity contribution in [1.82, 2.24) is 15.1 Å². The molecule has 21 heavy (non-hydrogen) atoms. The Kier molecular flexibility index (Phi) is 5.57. The molecule has 0 radical (unpaired) electrons. The number of hydrogen-bond acceptors (Lipinski definition) is 2. The molecule has 1 atom stereocenters. The van der Waals surface area contributed by atoms with Crippen LogP contribution < -0.4 is 5.32 Å². The van der Waals surface area contributed by atoms with E-state index in [9.17, 15) is 0 Å². The summed E-state index contributed by atoms with van der Waals surface area (Å²) in [6, 6.07) is 9.14. The van der Waals surface area contributed by atoms with E-state index in [1.807, 2.05) is 11.7 Å². The van der Waals surface area contributed by atoms with Gasteiger partial charge in [0.25, 0.3) is 0 Å². The van der Waals surface area contributed by atoms with Crippen molar-refractivity contribution >= 4 is 0 Å². The number of hydrogen-bond donors (Lipinski definition) is 1. The fourth-order valence-corrected chi connectivity index (χ4v) is 2.76. The van der Waals surface area contributed by atoms with Crippen LogP contribution in [0.15, 0.2) is 30.5 Å². The first-order chi connectivity index (χ1) is 10.2. The van der Waals surface area contributed by atoms with Gasteiger partial charge in [-0.1, -0.05) is 45.0 Å². The van der Waals surface area contributed by atoms with Crippen molar-refractivity contribution in [3.63, 3.8) is 0 Å². The van der Waals surface area contributed by atoms with Crippen LogP contribution in [0.1, 0.15) is 55.6 Å². The van der Waals surface area contributed by atoms with Gasteiger partial charge in [-0.05, 0) is 36.9 Å². The standard InChI is InChI=1S/C18H27N3/c1-5-11-19-18(15-10-8-9-14(6-2)12-15)16-13-21(4)20-17(16)7-3/h8-10,12-13,18-19H,5-7,11H2,1-4H3. The summed E-state index contributed by atoms with van der Waals surface area (Å²) in [6.45, 7) is 7.59. The van der Waals surface area contributed by atoms with Gasteiger partial charge < -0.3 is 5.32 Å². The Balaban J connectivity index is 2.41. The molecule has 2 rings (SSSR count). The van der Waals surface area contributed by atoms with E-state index in [2.05, 4.69) is 61.6 Å². The third kappa shape index (κ3) is 3.73. The number of nitrogens with one attached hydrogen (secondary N) is 1.